The largest absolute Gasteiger partial charge is 0.493 e. The maximum Gasteiger partial charge on any atom is 0.459 e. The summed E-state index contributed by atoms with van der Waals surface area (Å²) in [6, 6.07) is 4.40. The van der Waals surface area contributed by atoms with Crippen molar-refractivity contribution >= 4 is 37.8 Å². The molecule has 8 aliphatic rings. The third-order valence-electron chi connectivity index (χ3n) is 15.0. The summed E-state index contributed by atoms with van der Waals surface area (Å²) in [7, 11) is -12.6. The molecule has 8 bridgehead atoms. The summed E-state index contributed by atoms with van der Waals surface area (Å²) in [6.45, 7) is -0.689. The molecule has 1 unspecified atom stereocenters. The van der Waals surface area contributed by atoms with Crippen LogP contribution in [0, 0.1) is 46.3 Å². The van der Waals surface area contributed by atoms with Gasteiger partial charge < -0.3 is 20.1 Å². The minimum absolute atomic E-state index is 0.00564. The van der Waals surface area contributed by atoms with E-state index in [4.69, 9.17) is 9.47 Å². The van der Waals surface area contributed by atoms with Crippen LogP contribution < -0.4 is 25.6 Å². The van der Waals surface area contributed by atoms with Gasteiger partial charge in [0, 0.05) is 25.1 Å². The standard InChI is InChI=1S/C45H52F10N4O10S2/c46-42(47,48)36(58-68-70(62,63)44(52,53)38(60)56-24-40-18-26-12-27(19-40)14-28(13-26)20-40)32-2-6-34(7-3-32)66-10-1-11-67-35-8-4-33(5-9-35)37(43(49,50)51)59-69-71(64,65)45(54,55)39(61)57-25-41-21-29-15-30(22-41)17-31(16-29)23-41/h2-9,26-31,36,58H,1,10-25H2,(H,56,60)(H,57,61). The summed E-state index contributed by atoms with van der Waals surface area (Å²) < 4.78 is 212. The number of hydrogen-bond acceptors (Lipinski definition) is 12. The number of amides is 2. The average Bonchev–Trinajstić information content (AvgIpc) is 3.26. The van der Waals surface area contributed by atoms with Crippen molar-refractivity contribution in [1.29, 1.82) is 0 Å². The van der Waals surface area contributed by atoms with Gasteiger partial charge in [0.1, 0.15) is 11.5 Å². The lowest BCUT2D eigenvalue weighted by Gasteiger charge is -2.56. The highest BCUT2D eigenvalue weighted by atomic mass is 32.2. The number of carbonyl (C=O) groups is 2. The Kier molecular flexibility index (Phi) is 14.5. The fourth-order valence-corrected chi connectivity index (χ4v) is 14.0. The van der Waals surface area contributed by atoms with Crippen molar-refractivity contribution in [2.45, 2.75) is 112 Å². The maximum absolute atomic E-state index is 14.9. The smallest absolute Gasteiger partial charge is 0.459 e. The molecular formula is C45H52F10N4O10S2. The molecule has 3 N–H and O–H groups in total. The molecule has 2 amide bonds. The van der Waals surface area contributed by atoms with E-state index >= 15 is 0 Å². The Morgan fingerprint density at radius 3 is 1.35 bits per heavy atom. The normalized spacial score (nSPS) is 28.9. The van der Waals surface area contributed by atoms with Gasteiger partial charge in [-0.2, -0.15) is 70.5 Å². The topological polar surface area (TPSA) is 188 Å². The Bertz CT molecular complexity index is 2470. The zero-order chi connectivity index (χ0) is 51.4. The zero-order valence-corrected chi connectivity index (χ0v) is 39.4. The van der Waals surface area contributed by atoms with Gasteiger partial charge in [-0.15, -0.1) is 0 Å². The molecule has 8 aliphatic carbocycles. The van der Waals surface area contributed by atoms with Crippen LogP contribution in [0.3, 0.4) is 0 Å². The molecule has 0 spiro atoms. The van der Waals surface area contributed by atoms with E-state index in [0.717, 1.165) is 92.5 Å². The Labute approximate surface area is 402 Å². The second-order valence-corrected chi connectivity index (χ2v) is 23.6. The van der Waals surface area contributed by atoms with Crippen LogP contribution in [-0.4, -0.2) is 83.5 Å². The van der Waals surface area contributed by atoms with Crippen LogP contribution in [0.15, 0.2) is 53.7 Å². The van der Waals surface area contributed by atoms with E-state index in [2.05, 4.69) is 13.7 Å². The van der Waals surface area contributed by atoms with E-state index in [9.17, 15) is 70.3 Å². The highest BCUT2D eigenvalue weighted by Gasteiger charge is 2.59. The molecule has 26 heteroatoms. The fourth-order valence-electron chi connectivity index (χ4n) is 12.8. The van der Waals surface area contributed by atoms with E-state index in [1.54, 1.807) is 0 Å². The van der Waals surface area contributed by atoms with Gasteiger partial charge in [0.15, 0.2) is 11.8 Å². The Morgan fingerprint density at radius 2 is 0.972 bits per heavy atom. The minimum Gasteiger partial charge on any atom is -0.493 e. The monoisotopic (exact) mass is 1060 g/mol. The van der Waals surface area contributed by atoms with Crippen molar-refractivity contribution in [3.8, 4) is 11.5 Å². The molecule has 2 aromatic carbocycles. The number of halogens is 10. The number of nitrogens with zero attached hydrogens (tertiary/aromatic N) is 1. The first-order chi connectivity index (χ1) is 33.1. The predicted octanol–water partition coefficient (Wildman–Crippen LogP) is 8.45. The van der Waals surface area contributed by atoms with Gasteiger partial charge in [-0.05, 0) is 165 Å². The lowest BCUT2D eigenvalue weighted by atomic mass is 9.49. The van der Waals surface area contributed by atoms with Gasteiger partial charge >= 0.3 is 54.9 Å². The number of nitrogens with one attached hydrogen (secondary N) is 3. The van der Waals surface area contributed by atoms with Crippen LogP contribution in [0.2, 0.25) is 0 Å². The van der Waals surface area contributed by atoms with Gasteiger partial charge in [-0.25, -0.2) is 0 Å². The van der Waals surface area contributed by atoms with Crippen LogP contribution in [0.1, 0.15) is 101 Å². The maximum atomic E-state index is 14.9. The molecule has 394 valence electrons. The van der Waals surface area contributed by atoms with Crippen LogP contribution in [0.5, 0.6) is 11.5 Å². The second-order valence-electron chi connectivity index (χ2n) is 20.5. The van der Waals surface area contributed by atoms with Crippen molar-refractivity contribution in [3.05, 3.63) is 59.7 Å². The van der Waals surface area contributed by atoms with Crippen molar-refractivity contribution in [2.75, 3.05) is 26.3 Å². The SMILES string of the molecule is O=C(NCC12CC3CC(CC(C3)C1)C2)C(F)(F)S(=O)(=O)ON=C(c1ccc(OCCCOc2ccc(C(NOS(=O)(=O)C(F)(F)C(=O)NCC34CC5CC(CC(C5)C3)C4)C(F)(F)F)cc2)cc1)C(F)(F)F. The summed E-state index contributed by atoms with van der Waals surface area (Å²) in [5.41, 5.74) is -3.31. The van der Waals surface area contributed by atoms with Gasteiger partial charge in [0.25, 0.3) is 0 Å². The van der Waals surface area contributed by atoms with Gasteiger partial charge in [-0.1, -0.05) is 17.3 Å². The van der Waals surface area contributed by atoms with Crippen LogP contribution >= 0.6 is 0 Å². The number of hydrogen-bond donors (Lipinski definition) is 3. The molecule has 14 nitrogen and oxygen atoms in total. The van der Waals surface area contributed by atoms with Gasteiger partial charge in [0.2, 0.25) is 0 Å². The quantitative estimate of drug-likeness (QED) is 0.0471. The van der Waals surface area contributed by atoms with E-state index in [0.29, 0.717) is 74.0 Å². The first-order valence-electron chi connectivity index (χ1n) is 23.2. The summed E-state index contributed by atoms with van der Waals surface area (Å²) in [5, 5.41) is -4.03. The van der Waals surface area contributed by atoms with Crippen LogP contribution in [0.25, 0.3) is 0 Å². The first kappa shape index (κ1) is 52.9. The Hall–Kier alpha value is -4.43. The molecule has 1 atom stereocenters. The van der Waals surface area contributed by atoms with Crippen molar-refractivity contribution in [2.24, 2.45) is 51.5 Å². The summed E-state index contributed by atoms with van der Waals surface area (Å²) in [5.74, 6) is -2.12. The number of benzene rings is 2. The number of hydroxylamine groups is 1. The molecule has 71 heavy (non-hydrogen) atoms. The third kappa shape index (κ3) is 11.5. The minimum atomic E-state index is -6.36. The number of rotatable bonds is 21. The van der Waals surface area contributed by atoms with Crippen molar-refractivity contribution in [1.82, 2.24) is 16.1 Å². The highest BCUT2D eigenvalue weighted by molar-refractivity contribution is 7.88. The molecule has 10 rings (SSSR count). The molecule has 0 radical (unpaired) electrons. The molecule has 8 fully saturated rings. The third-order valence-corrected chi connectivity index (χ3v) is 17.2. The summed E-state index contributed by atoms with van der Waals surface area (Å²) in [6.07, 6.45) is -0.314. The number of ether oxygens (including phenoxy) is 2. The highest BCUT2D eigenvalue weighted by Crippen LogP contribution is 2.61. The predicted molar refractivity (Wildman–Crippen MR) is 230 cm³/mol. The van der Waals surface area contributed by atoms with Gasteiger partial charge in [-0.3, -0.25) is 13.9 Å². The van der Waals surface area contributed by atoms with E-state index < -0.39 is 88.6 Å². The molecule has 0 saturated heterocycles. The van der Waals surface area contributed by atoms with E-state index in [-0.39, 0.29) is 44.2 Å². The average molecular weight is 1060 g/mol. The number of alkyl halides is 10. The second kappa shape index (κ2) is 19.4. The lowest BCUT2D eigenvalue weighted by molar-refractivity contribution is -0.175. The molecule has 8 saturated carbocycles. The van der Waals surface area contributed by atoms with E-state index in [1.165, 1.54) is 0 Å². The van der Waals surface area contributed by atoms with E-state index in [1.807, 2.05) is 10.6 Å². The molecule has 2 aromatic rings. The number of carbonyl (C=O) groups excluding carboxylic acids is 2. The number of oxime groups is 1. The fraction of sp³-hybridized carbons (Fsp3) is 0.667. The lowest BCUT2D eigenvalue weighted by Crippen LogP contribution is -2.54. The molecule has 0 aromatic heterocycles. The Morgan fingerprint density at radius 1 is 0.592 bits per heavy atom. The molecule has 0 heterocycles. The first-order valence-corrected chi connectivity index (χ1v) is 26.0. The Balaban J connectivity index is 0.783. The van der Waals surface area contributed by atoms with Crippen molar-refractivity contribution < 1.29 is 88.4 Å². The van der Waals surface area contributed by atoms with Gasteiger partial charge in [0.05, 0.1) is 13.2 Å². The summed E-state index contributed by atoms with van der Waals surface area (Å²) >= 11 is 0. The van der Waals surface area contributed by atoms with Crippen LogP contribution in [0.4, 0.5) is 43.9 Å². The molecule has 0 aliphatic heterocycles. The zero-order valence-electron chi connectivity index (χ0n) is 37.8. The summed E-state index contributed by atoms with van der Waals surface area (Å²) in [4.78, 5) is 25.0. The molecular weight excluding hydrogens is 1010 g/mol. The van der Waals surface area contributed by atoms with Crippen LogP contribution in [-0.2, 0) is 38.4 Å². The van der Waals surface area contributed by atoms with Crippen molar-refractivity contribution in [3.63, 3.8) is 0 Å².